The van der Waals surface area contributed by atoms with Crippen LogP contribution in [0.2, 0.25) is 0 Å². The second-order valence-electron chi connectivity index (χ2n) is 26.2. The van der Waals surface area contributed by atoms with Gasteiger partial charge >= 0.3 is 0 Å². The van der Waals surface area contributed by atoms with Crippen molar-refractivity contribution < 1.29 is 67.1 Å². The molecule has 95 heavy (non-hydrogen) atoms. The molecule has 528 valence electrons. The van der Waals surface area contributed by atoms with Gasteiger partial charge in [0.1, 0.15) is 29.4 Å². The molecule has 2 aromatic rings. The Bertz CT molecular complexity index is 3060. The summed E-state index contributed by atoms with van der Waals surface area (Å²) < 4.78 is 0. The smallest absolute Gasteiger partial charge is 0.246 e. The first-order valence-electron chi connectivity index (χ1n) is 33.1. The zero-order valence-electron chi connectivity index (χ0n) is 57.6. The molecule has 0 bridgehead atoms. The number of para-hydroxylation sites is 1. The molecule has 3 unspecified atom stereocenters. The molecule has 0 saturated heterocycles. The summed E-state index contributed by atoms with van der Waals surface area (Å²) in [6.07, 6.45) is 12.9. The van der Waals surface area contributed by atoms with Gasteiger partial charge < -0.3 is 53.7 Å². The van der Waals surface area contributed by atoms with Crippen molar-refractivity contribution >= 4 is 92.9 Å². The second-order valence-corrected chi connectivity index (χ2v) is 26.2. The molecule has 1 aromatic heterocycles. The average Bonchev–Trinajstić information content (AvgIpc) is 1.80. The number of ketones is 6. The number of hydrazine groups is 1. The van der Waals surface area contributed by atoms with E-state index >= 15 is 0 Å². The molecule has 1 aliphatic rings. The number of nitrogens with two attached hydrogens (primary N) is 2. The van der Waals surface area contributed by atoms with Gasteiger partial charge in [-0.25, -0.2) is 10.4 Å². The lowest BCUT2D eigenvalue weighted by Gasteiger charge is -2.33. The molecule has 28 heteroatoms. The number of rotatable bonds is 25. The van der Waals surface area contributed by atoms with E-state index in [1.165, 1.54) is 67.4 Å². The first-order chi connectivity index (χ1) is 44.6. The lowest BCUT2D eigenvalue weighted by Crippen LogP contribution is -2.62. The van der Waals surface area contributed by atoms with Gasteiger partial charge in [0.05, 0.1) is 61.3 Å². The number of aromatic amines is 1. The van der Waals surface area contributed by atoms with Crippen LogP contribution in [-0.2, 0) is 73.5 Å². The largest absolute Gasteiger partial charge is 0.370 e. The van der Waals surface area contributed by atoms with Gasteiger partial charge in [0.25, 0.3) is 0 Å². The van der Waals surface area contributed by atoms with E-state index in [-0.39, 0.29) is 75.8 Å². The molecule has 2 heterocycles. The number of nitrogens with zero attached hydrogens (tertiary/aromatic N) is 1. The molecular weight excluding hydrogens is 1220 g/mol. The fraction of sp³-hybridized carbons (Fsp3) is 0.642. The van der Waals surface area contributed by atoms with Gasteiger partial charge in [0.15, 0.2) is 5.78 Å². The summed E-state index contributed by atoms with van der Waals surface area (Å²) in [7, 11) is 1.45. The number of hydrogen-bond donors (Lipinski definition) is 13. The topological polar surface area (TPSA) is 430 Å². The highest BCUT2D eigenvalue weighted by Crippen LogP contribution is 2.23. The number of primary amides is 2. The number of likely N-dealkylation sites (N-methyl/N-ethyl adjacent to an activating group) is 1. The summed E-state index contributed by atoms with van der Waals surface area (Å²) in [5.74, 6) is -11.4. The Morgan fingerprint density at radius 1 is 0.663 bits per heavy atom. The number of Topliss-reactive ketones (excluding diaryl/α,β-unsaturated/α-hetero) is 6. The maximum atomic E-state index is 14.7. The van der Waals surface area contributed by atoms with E-state index in [0.717, 1.165) is 55.0 Å². The number of nitrogens with one attached hydrogen (secondary N) is 11. The lowest BCUT2D eigenvalue weighted by atomic mass is 9.88. The van der Waals surface area contributed by atoms with E-state index in [0.29, 0.717) is 25.7 Å². The van der Waals surface area contributed by atoms with E-state index in [2.05, 4.69) is 64.3 Å². The standard InChI is InChI=1S/C67H106N14O14/c1-39(2)32-48-36-71-51(28-29-54(68)84)59(89)57(87)42(5)75-64(94)52(33-47-35-70-50-27-23-22-26-49(47)50)72-37-53(83)66(10,73-34-40(3)82)30-24-20-18-16-14-13-15-17-19-21-25-31-67(11,79-63(48)93)65(95)78-46(9)62(92)77-45(8)61(91)76-44(7)60(90)74-41(4)56(86)58(88)43(6)80-81(12)38-55(69)85/h17,19,22-23,26-27,35,39,41-46,48,51-52,70-73,80H,13-16,18,20-21,24-25,28-34,36-38H2,1-12H3,(H2,68,84)(H2,69,85)(H,74,90)(H,75,94)(H,76,91)(H,77,92)(H,78,95)(H,79,93)/b19-17+/t41-,42?,43-,44?,45-,46?,48+,51-,52-,66+,67-/m0/s1. The Kier molecular flexibility index (Phi) is 34.1. The predicted octanol–water partition coefficient (Wildman–Crippen LogP) is 0.907. The quantitative estimate of drug-likeness (QED) is 0.0373. The van der Waals surface area contributed by atoms with Crippen molar-refractivity contribution in [3.8, 4) is 0 Å². The van der Waals surface area contributed by atoms with Crippen molar-refractivity contribution in [3.63, 3.8) is 0 Å². The zero-order chi connectivity index (χ0) is 71.3. The maximum Gasteiger partial charge on any atom is 0.246 e. The van der Waals surface area contributed by atoms with Crippen LogP contribution >= 0.6 is 0 Å². The first-order valence-corrected chi connectivity index (χ1v) is 33.1. The molecule has 1 aromatic carbocycles. The number of H-pyrrole nitrogens is 1. The van der Waals surface area contributed by atoms with Crippen molar-refractivity contribution in [3.05, 3.63) is 48.2 Å². The summed E-state index contributed by atoms with van der Waals surface area (Å²) in [5, 5.41) is 27.0. The van der Waals surface area contributed by atoms with Crippen LogP contribution in [-0.4, -0.2) is 185 Å². The third-order valence-corrected chi connectivity index (χ3v) is 16.8. The van der Waals surface area contributed by atoms with Crippen molar-refractivity contribution in [2.45, 2.75) is 232 Å². The Hall–Kier alpha value is -7.92. The number of aromatic nitrogens is 1. The van der Waals surface area contributed by atoms with E-state index in [1.807, 2.05) is 44.2 Å². The van der Waals surface area contributed by atoms with Gasteiger partial charge in [0, 0.05) is 37.1 Å². The van der Waals surface area contributed by atoms with Gasteiger partial charge in [-0.3, -0.25) is 77.8 Å². The number of benzene rings is 1. The monoisotopic (exact) mass is 1330 g/mol. The number of fused-ring (bicyclic) bond motifs is 1. The van der Waals surface area contributed by atoms with Crippen LogP contribution in [0.5, 0.6) is 0 Å². The van der Waals surface area contributed by atoms with Gasteiger partial charge in [-0.15, -0.1) is 0 Å². The molecule has 0 fully saturated rings. The molecule has 8 amide bonds. The number of allylic oxidation sites excluding steroid dienone is 2. The molecular formula is C67H106N14O14. The van der Waals surface area contributed by atoms with Crippen molar-refractivity contribution in [1.82, 2.24) is 63.3 Å². The normalized spacial score (nSPS) is 23.5. The highest BCUT2D eigenvalue weighted by molar-refractivity contribution is 6.41. The molecule has 28 nitrogen and oxygen atoms in total. The lowest BCUT2D eigenvalue weighted by molar-refractivity contribution is -0.140. The molecule has 3 rings (SSSR count). The van der Waals surface area contributed by atoms with Crippen LogP contribution in [0.25, 0.3) is 10.9 Å². The second kappa shape index (κ2) is 39.8. The van der Waals surface area contributed by atoms with E-state index in [1.54, 1.807) is 13.1 Å². The third-order valence-electron chi connectivity index (χ3n) is 16.8. The summed E-state index contributed by atoms with van der Waals surface area (Å²) in [6.45, 7) is 15.7. The molecule has 0 radical (unpaired) electrons. The number of amides is 8. The van der Waals surface area contributed by atoms with Gasteiger partial charge in [-0.05, 0) is 138 Å². The highest BCUT2D eigenvalue weighted by atomic mass is 16.2. The van der Waals surface area contributed by atoms with E-state index in [4.69, 9.17) is 11.5 Å². The minimum absolute atomic E-state index is 0.0425. The minimum atomic E-state index is -1.67. The van der Waals surface area contributed by atoms with Crippen LogP contribution in [0.3, 0.4) is 0 Å². The van der Waals surface area contributed by atoms with Crippen LogP contribution < -0.4 is 64.7 Å². The Morgan fingerprint density at radius 3 is 1.83 bits per heavy atom. The van der Waals surface area contributed by atoms with Crippen LogP contribution in [0, 0.1) is 11.8 Å². The predicted molar refractivity (Wildman–Crippen MR) is 358 cm³/mol. The van der Waals surface area contributed by atoms with Crippen LogP contribution in [0.1, 0.15) is 172 Å². The molecule has 11 atom stereocenters. The Morgan fingerprint density at radius 2 is 1.23 bits per heavy atom. The van der Waals surface area contributed by atoms with Crippen molar-refractivity contribution in [2.24, 2.45) is 23.3 Å². The van der Waals surface area contributed by atoms with Crippen LogP contribution in [0.15, 0.2) is 42.6 Å². The van der Waals surface area contributed by atoms with E-state index in [9.17, 15) is 67.1 Å². The molecule has 0 aliphatic carbocycles. The average molecular weight is 1330 g/mol. The SMILES string of the molecule is CC(=O)CN[C@]1(C)CCCCCCCC/C=C/CCC[C@@](C)(C(=O)NC(C)C(=O)N[C@@H](C)C(=O)NC(C)C(=O)N[C@@H](C)C(=O)C(=O)[C@H](C)NN(C)CC(N)=O)NC(=O)[C@H](CC(C)C)CN[C@@H](CCC(N)=O)C(=O)C(=O)C(C)NC(=O)[C@H](Cc2c[nH]c3ccccc23)NCC1=O. The van der Waals surface area contributed by atoms with Gasteiger partial charge in [-0.1, -0.05) is 76.3 Å². The zero-order valence-corrected chi connectivity index (χ0v) is 57.6. The summed E-state index contributed by atoms with van der Waals surface area (Å²) in [4.78, 5) is 191. The molecule has 1 aliphatic heterocycles. The Labute approximate surface area is 557 Å². The number of carbonyl (C=O) groups excluding carboxylic acids is 14. The minimum Gasteiger partial charge on any atom is -0.370 e. The fourth-order valence-electron chi connectivity index (χ4n) is 10.9. The summed E-state index contributed by atoms with van der Waals surface area (Å²) in [6, 6.07) is -2.65. The third kappa shape index (κ3) is 27.8. The molecule has 0 spiro atoms. The summed E-state index contributed by atoms with van der Waals surface area (Å²) in [5.41, 5.74) is 12.1. The fourth-order valence-corrected chi connectivity index (χ4v) is 10.9. The van der Waals surface area contributed by atoms with Crippen LogP contribution in [0.4, 0.5) is 0 Å². The molecule has 0 saturated carbocycles. The Balaban J connectivity index is 1.90. The van der Waals surface area contributed by atoms with Crippen molar-refractivity contribution in [1.29, 1.82) is 0 Å². The number of carbonyl (C=O) groups is 14. The van der Waals surface area contributed by atoms with Gasteiger partial charge in [0.2, 0.25) is 70.4 Å². The highest BCUT2D eigenvalue weighted by Gasteiger charge is 2.40. The maximum absolute atomic E-state index is 14.7. The number of hydrogen-bond acceptors (Lipinski definition) is 19. The summed E-state index contributed by atoms with van der Waals surface area (Å²) >= 11 is 0. The molecule has 15 N–H and O–H groups in total. The first kappa shape index (κ1) is 81.3. The van der Waals surface area contributed by atoms with Gasteiger partial charge in [-0.2, -0.15) is 0 Å². The van der Waals surface area contributed by atoms with Crippen molar-refractivity contribution in [2.75, 3.05) is 33.2 Å². The van der Waals surface area contributed by atoms with E-state index < -0.39 is 136 Å².